The van der Waals surface area contributed by atoms with Gasteiger partial charge >= 0.3 is 0 Å². The van der Waals surface area contributed by atoms with Gasteiger partial charge in [-0.05, 0) is 42.8 Å². The van der Waals surface area contributed by atoms with E-state index in [0.29, 0.717) is 5.56 Å². The molecular formula is C16H13BrFNO. The van der Waals surface area contributed by atoms with Crippen molar-refractivity contribution in [2.75, 3.05) is 5.32 Å². The Morgan fingerprint density at radius 1 is 1.25 bits per heavy atom. The predicted octanol–water partition coefficient (Wildman–Crippen LogP) is 4.55. The van der Waals surface area contributed by atoms with Crippen molar-refractivity contribution in [3.05, 3.63) is 70.0 Å². The number of para-hydroxylation sites is 1. The smallest absolute Gasteiger partial charge is 0.248 e. The number of halogens is 2. The van der Waals surface area contributed by atoms with Gasteiger partial charge in [0.15, 0.2) is 0 Å². The Morgan fingerprint density at radius 2 is 2.00 bits per heavy atom. The summed E-state index contributed by atoms with van der Waals surface area (Å²) in [5.74, 6) is -0.660. The molecule has 0 radical (unpaired) electrons. The Hall–Kier alpha value is -1.94. The molecule has 0 aliphatic carbocycles. The van der Waals surface area contributed by atoms with Gasteiger partial charge in [-0.1, -0.05) is 34.1 Å². The lowest BCUT2D eigenvalue weighted by Gasteiger charge is -2.05. The minimum Gasteiger partial charge on any atom is -0.322 e. The van der Waals surface area contributed by atoms with Crippen LogP contribution < -0.4 is 5.32 Å². The van der Waals surface area contributed by atoms with Crippen molar-refractivity contribution in [2.45, 2.75) is 6.92 Å². The van der Waals surface area contributed by atoms with E-state index in [-0.39, 0.29) is 11.7 Å². The summed E-state index contributed by atoms with van der Waals surface area (Å²) >= 11 is 3.27. The summed E-state index contributed by atoms with van der Waals surface area (Å²) in [7, 11) is 0. The standard InChI is InChI=1S/C16H13BrFNO/c1-11-4-2-3-5-15(11)19-16(20)9-6-12-10-13(17)7-8-14(12)18/h2-10H,1H3,(H,19,20)/b9-6+. The molecule has 0 spiro atoms. The van der Waals surface area contributed by atoms with E-state index >= 15 is 0 Å². The van der Waals surface area contributed by atoms with Crippen LogP contribution in [-0.2, 0) is 4.79 Å². The van der Waals surface area contributed by atoms with Crippen LogP contribution in [0.15, 0.2) is 53.0 Å². The van der Waals surface area contributed by atoms with Crippen LogP contribution in [0, 0.1) is 12.7 Å². The molecule has 0 aliphatic heterocycles. The lowest BCUT2D eigenvalue weighted by molar-refractivity contribution is -0.111. The van der Waals surface area contributed by atoms with Gasteiger partial charge < -0.3 is 5.32 Å². The Bertz CT molecular complexity index is 667. The maximum Gasteiger partial charge on any atom is 0.248 e. The normalized spacial score (nSPS) is 10.8. The molecular weight excluding hydrogens is 321 g/mol. The quantitative estimate of drug-likeness (QED) is 0.820. The molecule has 2 rings (SSSR count). The number of anilines is 1. The van der Waals surface area contributed by atoms with Gasteiger partial charge in [0.2, 0.25) is 5.91 Å². The SMILES string of the molecule is Cc1ccccc1NC(=O)/C=C/c1cc(Br)ccc1F. The number of amides is 1. The average molecular weight is 334 g/mol. The maximum atomic E-state index is 13.5. The first-order chi connectivity index (χ1) is 9.56. The second-order valence-corrected chi connectivity index (χ2v) is 5.22. The number of hydrogen-bond donors (Lipinski definition) is 1. The van der Waals surface area contributed by atoms with E-state index < -0.39 is 0 Å². The maximum absolute atomic E-state index is 13.5. The van der Waals surface area contributed by atoms with E-state index in [2.05, 4.69) is 21.2 Å². The molecule has 0 bridgehead atoms. The summed E-state index contributed by atoms with van der Waals surface area (Å²) in [5.41, 5.74) is 2.08. The Kier molecular flexibility index (Phi) is 4.69. The predicted molar refractivity (Wildman–Crippen MR) is 82.9 cm³/mol. The first-order valence-corrected chi connectivity index (χ1v) is 6.85. The molecule has 0 aromatic heterocycles. The molecule has 4 heteroatoms. The number of carbonyl (C=O) groups excluding carboxylic acids is 1. The van der Waals surface area contributed by atoms with Gasteiger partial charge in [-0.25, -0.2) is 4.39 Å². The number of carbonyl (C=O) groups is 1. The van der Waals surface area contributed by atoms with Crippen molar-refractivity contribution in [3.63, 3.8) is 0 Å². The van der Waals surface area contributed by atoms with Gasteiger partial charge in [0.1, 0.15) is 5.82 Å². The fourth-order valence-corrected chi connectivity index (χ4v) is 2.07. The zero-order chi connectivity index (χ0) is 14.5. The molecule has 0 saturated carbocycles. The molecule has 0 atom stereocenters. The van der Waals surface area contributed by atoms with Crippen LogP contribution in [0.2, 0.25) is 0 Å². The zero-order valence-electron chi connectivity index (χ0n) is 10.9. The fraction of sp³-hybridized carbons (Fsp3) is 0.0625. The summed E-state index contributed by atoms with van der Waals surface area (Å²) < 4.78 is 14.3. The van der Waals surface area contributed by atoms with Crippen molar-refractivity contribution in [1.29, 1.82) is 0 Å². The fourth-order valence-electron chi connectivity index (χ4n) is 1.70. The van der Waals surface area contributed by atoms with Crippen molar-refractivity contribution in [3.8, 4) is 0 Å². The number of aryl methyl sites for hydroxylation is 1. The Morgan fingerprint density at radius 3 is 2.75 bits per heavy atom. The van der Waals surface area contributed by atoms with Crippen LogP contribution in [0.5, 0.6) is 0 Å². The molecule has 0 heterocycles. The van der Waals surface area contributed by atoms with Gasteiger partial charge in [0.05, 0.1) is 0 Å². The highest BCUT2D eigenvalue weighted by atomic mass is 79.9. The summed E-state index contributed by atoms with van der Waals surface area (Å²) in [6, 6.07) is 12.1. The average Bonchev–Trinajstić information content (AvgIpc) is 2.42. The second kappa shape index (κ2) is 6.48. The van der Waals surface area contributed by atoms with Crippen LogP contribution >= 0.6 is 15.9 Å². The van der Waals surface area contributed by atoms with Gasteiger partial charge in [0.25, 0.3) is 0 Å². The number of benzene rings is 2. The molecule has 2 nitrogen and oxygen atoms in total. The molecule has 1 amide bonds. The van der Waals surface area contributed by atoms with E-state index in [4.69, 9.17) is 0 Å². The van der Waals surface area contributed by atoms with Gasteiger partial charge in [-0.15, -0.1) is 0 Å². The lowest BCUT2D eigenvalue weighted by Crippen LogP contribution is -2.08. The minimum absolute atomic E-state index is 0.293. The monoisotopic (exact) mass is 333 g/mol. The molecule has 2 aromatic rings. The molecule has 0 aliphatic rings. The molecule has 1 N–H and O–H groups in total. The second-order valence-electron chi connectivity index (χ2n) is 4.30. The first-order valence-electron chi connectivity index (χ1n) is 6.06. The van der Waals surface area contributed by atoms with E-state index in [9.17, 15) is 9.18 Å². The molecule has 20 heavy (non-hydrogen) atoms. The van der Waals surface area contributed by atoms with E-state index in [0.717, 1.165) is 15.7 Å². The van der Waals surface area contributed by atoms with Crippen molar-refractivity contribution < 1.29 is 9.18 Å². The molecule has 0 fully saturated rings. The van der Waals surface area contributed by atoms with Crippen LogP contribution in [0.3, 0.4) is 0 Å². The lowest BCUT2D eigenvalue weighted by atomic mass is 10.2. The number of hydrogen-bond acceptors (Lipinski definition) is 1. The summed E-state index contributed by atoms with van der Waals surface area (Å²) in [6.45, 7) is 1.91. The van der Waals surface area contributed by atoms with E-state index in [1.165, 1.54) is 18.2 Å². The molecule has 2 aromatic carbocycles. The Labute approximate surface area is 125 Å². The van der Waals surface area contributed by atoms with Gasteiger partial charge in [0, 0.05) is 21.8 Å². The van der Waals surface area contributed by atoms with Gasteiger partial charge in [-0.2, -0.15) is 0 Å². The minimum atomic E-state index is -0.367. The van der Waals surface area contributed by atoms with Crippen molar-refractivity contribution in [1.82, 2.24) is 0 Å². The third-order valence-electron chi connectivity index (χ3n) is 2.78. The molecule has 102 valence electrons. The number of rotatable bonds is 3. The topological polar surface area (TPSA) is 29.1 Å². The van der Waals surface area contributed by atoms with Crippen molar-refractivity contribution >= 4 is 33.6 Å². The Balaban J connectivity index is 2.10. The summed E-state index contributed by atoms with van der Waals surface area (Å²) in [5, 5.41) is 2.75. The zero-order valence-corrected chi connectivity index (χ0v) is 12.4. The highest BCUT2D eigenvalue weighted by molar-refractivity contribution is 9.10. The molecule has 0 saturated heterocycles. The van der Waals surface area contributed by atoms with Crippen LogP contribution in [0.4, 0.5) is 10.1 Å². The first kappa shape index (κ1) is 14.5. The third-order valence-corrected chi connectivity index (χ3v) is 3.27. The van der Waals surface area contributed by atoms with Crippen LogP contribution in [0.1, 0.15) is 11.1 Å². The summed E-state index contributed by atoms with van der Waals surface area (Å²) in [6.07, 6.45) is 2.77. The largest absolute Gasteiger partial charge is 0.322 e. The van der Waals surface area contributed by atoms with Gasteiger partial charge in [-0.3, -0.25) is 4.79 Å². The third kappa shape index (κ3) is 3.78. The highest BCUT2D eigenvalue weighted by Gasteiger charge is 2.02. The van der Waals surface area contributed by atoms with Crippen LogP contribution in [-0.4, -0.2) is 5.91 Å². The van der Waals surface area contributed by atoms with E-state index in [1.54, 1.807) is 12.1 Å². The number of nitrogens with one attached hydrogen (secondary N) is 1. The van der Waals surface area contributed by atoms with Crippen molar-refractivity contribution in [2.24, 2.45) is 0 Å². The summed E-state index contributed by atoms with van der Waals surface area (Å²) in [4.78, 5) is 11.8. The highest BCUT2D eigenvalue weighted by Crippen LogP contribution is 2.17. The van der Waals surface area contributed by atoms with Crippen LogP contribution in [0.25, 0.3) is 6.08 Å². The molecule has 0 unspecified atom stereocenters. The van der Waals surface area contributed by atoms with E-state index in [1.807, 2.05) is 31.2 Å².